The largest absolute Gasteiger partial charge is 0.463 e. The number of nitriles is 1. The third-order valence-electron chi connectivity index (χ3n) is 3.54. The molecular weight excluding hydrogens is 288 g/mol. The topological polar surface area (TPSA) is 118 Å². The number of carbonyl (C=O) groups is 1. The van der Waals surface area contributed by atoms with Crippen LogP contribution in [0, 0.1) is 21.4 Å². The molecule has 1 aliphatic carbocycles. The zero-order chi connectivity index (χ0) is 16.1. The van der Waals surface area contributed by atoms with Gasteiger partial charge < -0.3 is 10.1 Å². The molecule has 0 aliphatic heterocycles. The van der Waals surface area contributed by atoms with E-state index in [-0.39, 0.29) is 35.2 Å². The highest BCUT2D eigenvalue weighted by atomic mass is 16.6. The van der Waals surface area contributed by atoms with E-state index in [2.05, 4.69) is 10.3 Å². The molecule has 116 valence electrons. The Morgan fingerprint density at radius 3 is 2.73 bits per heavy atom. The van der Waals surface area contributed by atoms with Crippen LogP contribution in [-0.2, 0) is 9.53 Å². The van der Waals surface area contributed by atoms with Gasteiger partial charge >= 0.3 is 11.7 Å². The summed E-state index contributed by atoms with van der Waals surface area (Å²) in [4.78, 5) is 25.4. The summed E-state index contributed by atoms with van der Waals surface area (Å²) in [6.07, 6.45) is 4.11. The number of pyridine rings is 1. The molecule has 0 bridgehead atoms. The Bertz CT molecular complexity index is 618. The molecule has 22 heavy (non-hydrogen) atoms. The number of rotatable bonds is 4. The molecule has 1 aromatic rings. The van der Waals surface area contributed by atoms with Crippen LogP contribution in [0.1, 0.15) is 38.2 Å². The van der Waals surface area contributed by atoms with Gasteiger partial charge in [0.1, 0.15) is 12.2 Å². The van der Waals surface area contributed by atoms with Crippen LogP contribution in [0.3, 0.4) is 0 Å². The van der Waals surface area contributed by atoms with E-state index in [1.165, 1.54) is 19.2 Å². The SMILES string of the molecule is CC(=O)OC1CCC(Nc2ncc(C#N)cc2[N+](=O)[O-])CC1. The average molecular weight is 304 g/mol. The summed E-state index contributed by atoms with van der Waals surface area (Å²) in [5.74, 6) is -0.124. The lowest BCUT2D eigenvalue weighted by Crippen LogP contribution is -2.31. The molecule has 1 aliphatic rings. The highest BCUT2D eigenvalue weighted by Gasteiger charge is 2.25. The first-order valence-corrected chi connectivity index (χ1v) is 6.98. The van der Waals surface area contributed by atoms with E-state index in [1.807, 2.05) is 6.07 Å². The molecule has 0 amide bonds. The number of nitrogens with zero attached hydrogens (tertiary/aromatic N) is 3. The van der Waals surface area contributed by atoms with Crippen LogP contribution < -0.4 is 5.32 Å². The Morgan fingerprint density at radius 2 is 2.18 bits per heavy atom. The van der Waals surface area contributed by atoms with Crippen molar-refractivity contribution in [2.75, 3.05) is 5.32 Å². The van der Waals surface area contributed by atoms with Crippen LogP contribution in [0.2, 0.25) is 0 Å². The van der Waals surface area contributed by atoms with Gasteiger partial charge in [0.15, 0.2) is 0 Å². The van der Waals surface area contributed by atoms with Crippen LogP contribution in [-0.4, -0.2) is 28.0 Å². The van der Waals surface area contributed by atoms with Crippen molar-refractivity contribution in [1.82, 2.24) is 4.98 Å². The fraction of sp³-hybridized carbons (Fsp3) is 0.500. The molecular formula is C14H16N4O4. The van der Waals surface area contributed by atoms with Gasteiger partial charge in [-0.1, -0.05) is 0 Å². The summed E-state index contributed by atoms with van der Waals surface area (Å²) in [5, 5.41) is 22.9. The molecule has 1 fully saturated rings. The van der Waals surface area contributed by atoms with E-state index >= 15 is 0 Å². The van der Waals surface area contributed by atoms with Crippen molar-refractivity contribution in [3.63, 3.8) is 0 Å². The Hall–Kier alpha value is -2.69. The van der Waals surface area contributed by atoms with Crippen LogP contribution >= 0.6 is 0 Å². The number of nitrogens with one attached hydrogen (secondary N) is 1. The normalized spacial score (nSPS) is 20.7. The molecule has 1 aromatic heterocycles. The number of hydrogen-bond donors (Lipinski definition) is 1. The fourth-order valence-electron chi connectivity index (χ4n) is 2.52. The van der Waals surface area contributed by atoms with Crippen molar-refractivity contribution < 1.29 is 14.5 Å². The van der Waals surface area contributed by atoms with Crippen molar-refractivity contribution in [3.8, 4) is 6.07 Å². The lowest BCUT2D eigenvalue weighted by atomic mass is 9.93. The Balaban J connectivity index is 2.02. The van der Waals surface area contributed by atoms with Gasteiger partial charge in [-0.05, 0) is 25.7 Å². The molecule has 0 atom stereocenters. The van der Waals surface area contributed by atoms with E-state index < -0.39 is 4.92 Å². The van der Waals surface area contributed by atoms with Crippen LogP contribution in [0.5, 0.6) is 0 Å². The third kappa shape index (κ3) is 3.91. The van der Waals surface area contributed by atoms with E-state index in [9.17, 15) is 14.9 Å². The van der Waals surface area contributed by atoms with Crippen LogP contribution in [0.4, 0.5) is 11.5 Å². The average Bonchev–Trinajstić information content (AvgIpc) is 2.49. The smallest absolute Gasteiger partial charge is 0.312 e. The van der Waals surface area contributed by atoms with Crippen molar-refractivity contribution >= 4 is 17.5 Å². The molecule has 0 aromatic carbocycles. The summed E-state index contributed by atoms with van der Waals surface area (Å²) < 4.78 is 5.16. The second kappa shape index (κ2) is 6.85. The number of esters is 1. The standard InChI is InChI=1S/C14H16N4O4/c1-9(19)22-12-4-2-11(3-5-12)17-14-13(18(20)21)6-10(7-15)8-16-14/h6,8,11-12H,2-5H2,1H3,(H,16,17). The maximum atomic E-state index is 11.1. The molecule has 0 saturated heterocycles. The third-order valence-corrected chi connectivity index (χ3v) is 3.54. The molecule has 0 spiro atoms. The van der Waals surface area contributed by atoms with Gasteiger partial charge in [-0.25, -0.2) is 4.98 Å². The molecule has 0 unspecified atom stereocenters. The lowest BCUT2D eigenvalue weighted by Gasteiger charge is -2.28. The summed E-state index contributed by atoms with van der Waals surface area (Å²) >= 11 is 0. The summed E-state index contributed by atoms with van der Waals surface area (Å²) in [7, 11) is 0. The summed E-state index contributed by atoms with van der Waals surface area (Å²) in [5.41, 5.74) is -0.0584. The van der Waals surface area contributed by atoms with Crippen LogP contribution in [0.15, 0.2) is 12.3 Å². The zero-order valence-corrected chi connectivity index (χ0v) is 12.1. The molecule has 2 rings (SSSR count). The molecule has 1 saturated carbocycles. The van der Waals surface area contributed by atoms with Gasteiger partial charge in [0.05, 0.1) is 10.5 Å². The van der Waals surface area contributed by atoms with E-state index in [0.29, 0.717) is 12.8 Å². The monoisotopic (exact) mass is 304 g/mol. The Labute approximate surface area is 127 Å². The molecule has 8 heteroatoms. The summed E-state index contributed by atoms with van der Waals surface area (Å²) in [6, 6.07) is 3.08. The van der Waals surface area contributed by atoms with Gasteiger partial charge in [0.2, 0.25) is 5.82 Å². The van der Waals surface area contributed by atoms with Crippen molar-refractivity contribution in [1.29, 1.82) is 5.26 Å². The van der Waals surface area contributed by atoms with Crippen molar-refractivity contribution in [3.05, 3.63) is 27.9 Å². The van der Waals surface area contributed by atoms with Crippen LogP contribution in [0.25, 0.3) is 0 Å². The number of anilines is 1. The Morgan fingerprint density at radius 1 is 1.50 bits per heavy atom. The highest BCUT2D eigenvalue weighted by molar-refractivity contribution is 5.66. The van der Waals surface area contributed by atoms with Crippen molar-refractivity contribution in [2.24, 2.45) is 0 Å². The molecule has 8 nitrogen and oxygen atoms in total. The second-order valence-corrected chi connectivity index (χ2v) is 5.19. The first-order chi connectivity index (χ1) is 10.5. The first kappa shape index (κ1) is 15.7. The maximum absolute atomic E-state index is 11.1. The molecule has 1 heterocycles. The van der Waals surface area contributed by atoms with E-state index in [1.54, 1.807) is 0 Å². The molecule has 1 N–H and O–H groups in total. The van der Waals surface area contributed by atoms with Gasteiger partial charge in [0.25, 0.3) is 0 Å². The predicted molar refractivity (Wildman–Crippen MR) is 77.0 cm³/mol. The van der Waals surface area contributed by atoms with Gasteiger partial charge in [0, 0.05) is 25.2 Å². The number of hydrogen-bond acceptors (Lipinski definition) is 7. The quantitative estimate of drug-likeness (QED) is 0.514. The first-order valence-electron chi connectivity index (χ1n) is 6.98. The fourth-order valence-corrected chi connectivity index (χ4v) is 2.52. The Kier molecular flexibility index (Phi) is 4.88. The van der Waals surface area contributed by atoms with E-state index in [0.717, 1.165) is 12.8 Å². The minimum atomic E-state index is -0.555. The minimum absolute atomic E-state index is 0.0333. The maximum Gasteiger partial charge on any atom is 0.312 e. The highest BCUT2D eigenvalue weighted by Crippen LogP contribution is 2.28. The van der Waals surface area contributed by atoms with E-state index in [4.69, 9.17) is 10.00 Å². The number of aromatic nitrogens is 1. The number of carbonyl (C=O) groups excluding carboxylic acids is 1. The number of ether oxygens (including phenoxy) is 1. The second-order valence-electron chi connectivity index (χ2n) is 5.19. The lowest BCUT2D eigenvalue weighted by molar-refractivity contribution is -0.384. The predicted octanol–water partition coefficient (Wildman–Crippen LogP) is 2.15. The molecule has 0 radical (unpaired) electrons. The van der Waals surface area contributed by atoms with Gasteiger partial charge in [-0.2, -0.15) is 5.26 Å². The van der Waals surface area contributed by atoms with Gasteiger partial charge in [-0.15, -0.1) is 0 Å². The van der Waals surface area contributed by atoms with Crippen molar-refractivity contribution in [2.45, 2.75) is 44.8 Å². The minimum Gasteiger partial charge on any atom is -0.463 e. The zero-order valence-electron chi connectivity index (χ0n) is 12.1. The summed E-state index contributed by atoms with van der Waals surface area (Å²) in [6.45, 7) is 1.38. The van der Waals surface area contributed by atoms with Gasteiger partial charge in [-0.3, -0.25) is 14.9 Å². The number of nitro groups is 1.